The highest BCUT2D eigenvalue weighted by molar-refractivity contribution is 9.10. The largest absolute Gasteiger partial charge is 0.452 e. The van der Waals surface area contributed by atoms with Gasteiger partial charge in [0.05, 0.1) is 15.0 Å². The normalized spacial score (nSPS) is 15.3. The van der Waals surface area contributed by atoms with Gasteiger partial charge in [0.25, 0.3) is 11.6 Å². The topological polar surface area (TPSA) is 89.8 Å². The summed E-state index contributed by atoms with van der Waals surface area (Å²) in [5.41, 5.74) is -0.176. The molecular formula is C16H19BrN2O5. The Labute approximate surface area is 148 Å². The lowest BCUT2D eigenvalue weighted by molar-refractivity contribution is -0.385. The second kappa shape index (κ2) is 8.77. The number of nitrogens with zero attached hydrogens (tertiary/aromatic N) is 2. The Morgan fingerprint density at radius 2 is 1.79 bits per heavy atom. The minimum atomic E-state index is -0.744. The quantitative estimate of drug-likeness (QED) is 0.440. The lowest BCUT2D eigenvalue weighted by Crippen LogP contribution is -2.36. The van der Waals surface area contributed by atoms with Gasteiger partial charge < -0.3 is 9.64 Å². The molecule has 130 valence electrons. The van der Waals surface area contributed by atoms with Crippen LogP contribution in [-0.4, -0.2) is 41.4 Å². The predicted molar refractivity (Wildman–Crippen MR) is 90.7 cm³/mol. The minimum Gasteiger partial charge on any atom is -0.452 e. The van der Waals surface area contributed by atoms with Crippen molar-refractivity contribution < 1.29 is 19.2 Å². The van der Waals surface area contributed by atoms with E-state index in [1.807, 2.05) is 0 Å². The van der Waals surface area contributed by atoms with E-state index in [0.29, 0.717) is 13.1 Å². The lowest BCUT2D eigenvalue weighted by atomic mass is 10.1. The zero-order valence-corrected chi connectivity index (χ0v) is 14.8. The molecule has 2 rings (SSSR count). The van der Waals surface area contributed by atoms with Crippen LogP contribution in [0.3, 0.4) is 0 Å². The number of esters is 1. The summed E-state index contributed by atoms with van der Waals surface area (Å²) >= 11 is 3.05. The van der Waals surface area contributed by atoms with E-state index in [4.69, 9.17) is 4.74 Å². The van der Waals surface area contributed by atoms with E-state index in [0.717, 1.165) is 31.7 Å². The smallest absolute Gasteiger partial charge is 0.338 e. The predicted octanol–water partition coefficient (Wildman–Crippen LogP) is 3.31. The molecule has 7 nitrogen and oxygen atoms in total. The summed E-state index contributed by atoms with van der Waals surface area (Å²) in [6.45, 7) is 1.02. The molecule has 0 N–H and O–H groups in total. The molecule has 1 amide bonds. The van der Waals surface area contributed by atoms with Gasteiger partial charge in [-0.2, -0.15) is 0 Å². The Bertz CT molecular complexity index is 627. The van der Waals surface area contributed by atoms with E-state index in [-0.39, 0.29) is 28.2 Å². The second-order valence-corrected chi connectivity index (χ2v) is 6.50. The van der Waals surface area contributed by atoms with Gasteiger partial charge >= 0.3 is 5.97 Å². The number of amides is 1. The highest BCUT2D eigenvalue weighted by atomic mass is 79.9. The molecule has 1 heterocycles. The molecular weight excluding hydrogens is 380 g/mol. The summed E-state index contributed by atoms with van der Waals surface area (Å²) in [5, 5.41) is 10.9. The number of hydrogen-bond donors (Lipinski definition) is 0. The van der Waals surface area contributed by atoms with Crippen LogP contribution in [-0.2, 0) is 9.53 Å². The molecule has 1 saturated heterocycles. The average molecular weight is 399 g/mol. The molecule has 1 aromatic carbocycles. The van der Waals surface area contributed by atoms with Crippen molar-refractivity contribution in [1.29, 1.82) is 0 Å². The Kier molecular flexibility index (Phi) is 6.72. The molecule has 0 saturated carbocycles. The third-order valence-corrected chi connectivity index (χ3v) is 4.58. The number of halogens is 1. The number of nitro benzene ring substituents is 1. The summed E-state index contributed by atoms with van der Waals surface area (Å²) in [6, 6.07) is 3.96. The Balaban J connectivity index is 1.93. The van der Waals surface area contributed by atoms with Gasteiger partial charge in [0.2, 0.25) is 0 Å². The average Bonchev–Trinajstić information content (AvgIpc) is 2.52. The first kappa shape index (κ1) is 18.4. The van der Waals surface area contributed by atoms with Gasteiger partial charge in [0, 0.05) is 19.2 Å². The fourth-order valence-electron chi connectivity index (χ4n) is 2.58. The summed E-state index contributed by atoms with van der Waals surface area (Å²) in [6.07, 6.45) is 5.31. The Morgan fingerprint density at radius 1 is 1.17 bits per heavy atom. The Morgan fingerprint density at radius 3 is 2.42 bits per heavy atom. The van der Waals surface area contributed by atoms with Gasteiger partial charge in [-0.1, -0.05) is 19.3 Å². The molecule has 1 fully saturated rings. The maximum atomic E-state index is 12.2. The van der Waals surface area contributed by atoms with Crippen molar-refractivity contribution in [3.8, 4) is 0 Å². The summed E-state index contributed by atoms with van der Waals surface area (Å²) in [7, 11) is 0. The number of carbonyl (C=O) groups excluding carboxylic acids is 2. The first-order valence-electron chi connectivity index (χ1n) is 7.88. The number of hydrogen-bond acceptors (Lipinski definition) is 5. The third-order valence-electron chi connectivity index (χ3n) is 3.91. The van der Waals surface area contributed by atoms with Crippen molar-refractivity contribution in [2.24, 2.45) is 0 Å². The molecule has 1 aliphatic rings. The Hall–Kier alpha value is -1.96. The molecule has 0 bridgehead atoms. The van der Waals surface area contributed by atoms with Crippen molar-refractivity contribution in [1.82, 2.24) is 4.90 Å². The monoisotopic (exact) mass is 398 g/mol. The van der Waals surface area contributed by atoms with Crippen molar-refractivity contribution in [3.63, 3.8) is 0 Å². The van der Waals surface area contributed by atoms with Crippen molar-refractivity contribution in [2.75, 3.05) is 19.7 Å². The number of likely N-dealkylation sites (tertiary alicyclic amines) is 1. The molecule has 0 spiro atoms. The highest BCUT2D eigenvalue weighted by Crippen LogP contribution is 2.25. The molecule has 0 atom stereocenters. The maximum Gasteiger partial charge on any atom is 0.338 e. The van der Waals surface area contributed by atoms with Crippen LogP contribution in [0.2, 0.25) is 0 Å². The van der Waals surface area contributed by atoms with Crippen LogP contribution in [0.4, 0.5) is 5.69 Å². The molecule has 24 heavy (non-hydrogen) atoms. The second-order valence-electron chi connectivity index (χ2n) is 5.65. The van der Waals surface area contributed by atoms with Gasteiger partial charge in [0.1, 0.15) is 0 Å². The summed E-state index contributed by atoms with van der Waals surface area (Å²) in [5.74, 6) is -0.970. The lowest BCUT2D eigenvalue weighted by Gasteiger charge is -2.24. The van der Waals surface area contributed by atoms with Crippen molar-refractivity contribution in [2.45, 2.75) is 32.1 Å². The fourth-order valence-corrected chi connectivity index (χ4v) is 2.97. The van der Waals surface area contributed by atoms with E-state index >= 15 is 0 Å². The van der Waals surface area contributed by atoms with Gasteiger partial charge in [0.15, 0.2) is 6.61 Å². The van der Waals surface area contributed by atoms with Crippen LogP contribution in [0.25, 0.3) is 0 Å². The van der Waals surface area contributed by atoms with Crippen LogP contribution < -0.4 is 0 Å². The van der Waals surface area contributed by atoms with Gasteiger partial charge in [-0.3, -0.25) is 14.9 Å². The van der Waals surface area contributed by atoms with E-state index < -0.39 is 10.9 Å². The molecule has 0 aromatic heterocycles. The van der Waals surface area contributed by atoms with Crippen LogP contribution in [0.1, 0.15) is 42.5 Å². The van der Waals surface area contributed by atoms with Crippen LogP contribution in [0.5, 0.6) is 0 Å². The van der Waals surface area contributed by atoms with E-state index in [2.05, 4.69) is 15.9 Å². The molecule has 0 radical (unpaired) electrons. The zero-order valence-electron chi connectivity index (χ0n) is 13.2. The maximum absolute atomic E-state index is 12.2. The third kappa shape index (κ3) is 5.02. The summed E-state index contributed by atoms with van der Waals surface area (Å²) in [4.78, 5) is 36.2. The van der Waals surface area contributed by atoms with Crippen molar-refractivity contribution >= 4 is 33.5 Å². The summed E-state index contributed by atoms with van der Waals surface area (Å²) < 4.78 is 5.30. The molecule has 8 heteroatoms. The minimum absolute atomic E-state index is 0.0466. The number of ether oxygens (including phenoxy) is 1. The first-order valence-corrected chi connectivity index (χ1v) is 8.67. The molecule has 1 aliphatic heterocycles. The highest BCUT2D eigenvalue weighted by Gasteiger charge is 2.20. The molecule has 0 unspecified atom stereocenters. The van der Waals surface area contributed by atoms with Gasteiger partial charge in [-0.25, -0.2) is 4.79 Å². The van der Waals surface area contributed by atoms with Crippen LogP contribution >= 0.6 is 15.9 Å². The number of benzene rings is 1. The zero-order chi connectivity index (χ0) is 17.5. The van der Waals surface area contributed by atoms with E-state index in [9.17, 15) is 19.7 Å². The van der Waals surface area contributed by atoms with E-state index in [1.165, 1.54) is 18.6 Å². The number of carbonyl (C=O) groups is 2. The van der Waals surface area contributed by atoms with Crippen LogP contribution in [0, 0.1) is 10.1 Å². The van der Waals surface area contributed by atoms with E-state index in [1.54, 1.807) is 4.90 Å². The number of nitro groups is 1. The standard InChI is InChI=1S/C16H19BrN2O5/c17-13-7-6-12(10-14(13)19(22)23)16(21)24-11-15(20)18-8-4-2-1-3-5-9-18/h6-7,10H,1-5,8-9,11H2. The van der Waals surface area contributed by atoms with Crippen molar-refractivity contribution in [3.05, 3.63) is 38.3 Å². The van der Waals surface area contributed by atoms with Gasteiger partial charge in [-0.15, -0.1) is 0 Å². The van der Waals surface area contributed by atoms with Gasteiger partial charge in [-0.05, 0) is 40.9 Å². The molecule has 0 aliphatic carbocycles. The molecule has 1 aromatic rings. The number of rotatable bonds is 4. The van der Waals surface area contributed by atoms with Crippen LogP contribution in [0.15, 0.2) is 22.7 Å². The first-order chi connectivity index (χ1) is 11.5. The SMILES string of the molecule is O=C(OCC(=O)N1CCCCCCC1)c1ccc(Br)c([N+](=O)[O-])c1. The fraction of sp³-hybridized carbons (Fsp3) is 0.500.